The number of aromatic nitrogens is 4. The number of aromatic amines is 1. The van der Waals surface area contributed by atoms with Crippen LogP contribution in [0.5, 0.6) is 5.88 Å². The van der Waals surface area contributed by atoms with Crippen molar-refractivity contribution in [3.05, 3.63) is 48.4 Å². The molecule has 3 aromatic heterocycles. The van der Waals surface area contributed by atoms with Gasteiger partial charge in [0.15, 0.2) is 5.69 Å². The monoisotopic (exact) mass is 339 g/mol. The number of rotatable bonds is 4. The van der Waals surface area contributed by atoms with Crippen LogP contribution in [0.4, 0.5) is 0 Å². The van der Waals surface area contributed by atoms with E-state index in [9.17, 15) is 4.79 Å². The predicted octanol–water partition coefficient (Wildman–Crippen LogP) is 2.80. The zero-order chi connectivity index (χ0) is 18.0. The number of carbonyl (C=O) groups is 1. The molecule has 1 amide bonds. The molecule has 25 heavy (non-hydrogen) atoms. The lowest BCUT2D eigenvalue weighted by molar-refractivity contribution is 0.0914. The van der Waals surface area contributed by atoms with Gasteiger partial charge in [0.2, 0.25) is 5.88 Å². The van der Waals surface area contributed by atoms with E-state index in [1.54, 1.807) is 30.1 Å². The van der Waals surface area contributed by atoms with Crippen molar-refractivity contribution in [3.63, 3.8) is 0 Å². The first-order valence-corrected chi connectivity index (χ1v) is 7.94. The Hall–Kier alpha value is -3.09. The van der Waals surface area contributed by atoms with Gasteiger partial charge in [-0.3, -0.25) is 4.79 Å². The number of amides is 1. The second kappa shape index (κ2) is 6.43. The maximum atomic E-state index is 12.5. The van der Waals surface area contributed by atoms with E-state index in [2.05, 4.69) is 20.4 Å². The van der Waals surface area contributed by atoms with E-state index < -0.39 is 0 Å². The average molecular weight is 339 g/mol. The molecule has 130 valence electrons. The van der Waals surface area contributed by atoms with Crippen molar-refractivity contribution in [1.29, 1.82) is 0 Å². The Morgan fingerprint density at radius 3 is 2.64 bits per heavy atom. The molecule has 0 aromatic carbocycles. The largest absolute Gasteiger partial charge is 0.481 e. The van der Waals surface area contributed by atoms with Crippen LogP contribution in [-0.4, -0.2) is 38.3 Å². The molecular formula is C18H21N5O2. The lowest BCUT2D eigenvalue weighted by Crippen LogP contribution is -2.40. The van der Waals surface area contributed by atoms with Crippen molar-refractivity contribution in [2.24, 2.45) is 0 Å². The molecule has 3 aromatic rings. The van der Waals surface area contributed by atoms with Gasteiger partial charge in [-0.2, -0.15) is 5.10 Å². The van der Waals surface area contributed by atoms with Gasteiger partial charge in [0.1, 0.15) is 0 Å². The molecule has 0 spiro atoms. The SMILES string of the molecule is COc1ccc(-n2nc(C(=O)NC(C)(C)C)cc2-c2ccc[nH]2)cn1. The first-order chi connectivity index (χ1) is 11.9. The molecule has 0 saturated carbocycles. The Balaban J connectivity index is 2.04. The Kier molecular flexibility index (Phi) is 4.31. The van der Waals surface area contributed by atoms with Gasteiger partial charge in [0.05, 0.1) is 30.4 Å². The summed E-state index contributed by atoms with van der Waals surface area (Å²) in [4.78, 5) is 19.9. The fourth-order valence-corrected chi connectivity index (χ4v) is 2.39. The third kappa shape index (κ3) is 3.71. The Morgan fingerprint density at radius 2 is 2.08 bits per heavy atom. The van der Waals surface area contributed by atoms with Crippen LogP contribution in [0.25, 0.3) is 17.1 Å². The molecule has 3 heterocycles. The second-order valence-electron chi connectivity index (χ2n) is 6.67. The second-order valence-corrected chi connectivity index (χ2v) is 6.67. The van der Waals surface area contributed by atoms with E-state index in [1.807, 2.05) is 45.2 Å². The Labute approximate surface area is 146 Å². The van der Waals surface area contributed by atoms with E-state index >= 15 is 0 Å². The van der Waals surface area contributed by atoms with Crippen LogP contribution in [0.1, 0.15) is 31.3 Å². The predicted molar refractivity (Wildman–Crippen MR) is 94.9 cm³/mol. The van der Waals surface area contributed by atoms with Gasteiger partial charge in [-0.1, -0.05) is 0 Å². The van der Waals surface area contributed by atoms with Crippen LogP contribution >= 0.6 is 0 Å². The van der Waals surface area contributed by atoms with Gasteiger partial charge in [-0.25, -0.2) is 9.67 Å². The molecule has 0 atom stereocenters. The standard InChI is InChI=1S/C18H21N5O2/c1-18(2,3)21-17(24)14-10-15(13-6-5-9-19-13)23(22-14)12-7-8-16(25-4)20-11-12/h5-11,19H,1-4H3,(H,21,24). The molecule has 0 aliphatic heterocycles. The number of pyridine rings is 1. The fraction of sp³-hybridized carbons (Fsp3) is 0.278. The summed E-state index contributed by atoms with van der Waals surface area (Å²) < 4.78 is 6.79. The normalized spacial score (nSPS) is 11.4. The van der Waals surface area contributed by atoms with Crippen molar-refractivity contribution in [1.82, 2.24) is 25.1 Å². The minimum Gasteiger partial charge on any atom is -0.481 e. The molecule has 0 aliphatic rings. The fourth-order valence-electron chi connectivity index (χ4n) is 2.39. The number of H-pyrrole nitrogens is 1. The zero-order valence-electron chi connectivity index (χ0n) is 14.7. The summed E-state index contributed by atoms with van der Waals surface area (Å²) in [5.74, 6) is 0.295. The topological polar surface area (TPSA) is 84.8 Å². The highest BCUT2D eigenvalue weighted by molar-refractivity contribution is 5.94. The van der Waals surface area contributed by atoms with E-state index in [-0.39, 0.29) is 11.4 Å². The van der Waals surface area contributed by atoms with E-state index in [0.717, 1.165) is 17.1 Å². The molecule has 0 aliphatic carbocycles. The van der Waals surface area contributed by atoms with Gasteiger partial charge in [0.25, 0.3) is 5.91 Å². The molecule has 0 bridgehead atoms. The summed E-state index contributed by atoms with van der Waals surface area (Å²) in [5.41, 5.74) is 2.37. The minimum absolute atomic E-state index is 0.222. The van der Waals surface area contributed by atoms with Crippen molar-refractivity contribution in [2.45, 2.75) is 26.3 Å². The molecule has 0 saturated heterocycles. The summed E-state index contributed by atoms with van der Waals surface area (Å²) in [7, 11) is 1.56. The average Bonchev–Trinajstić information content (AvgIpc) is 3.22. The molecule has 2 N–H and O–H groups in total. The van der Waals surface area contributed by atoms with Crippen LogP contribution in [0.3, 0.4) is 0 Å². The highest BCUT2D eigenvalue weighted by Gasteiger charge is 2.21. The number of methoxy groups -OCH3 is 1. The van der Waals surface area contributed by atoms with Crippen LogP contribution in [0.2, 0.25) is 0 Å². The molecular weight excluding hydrogens is 318 g/mol. The highest BCUT2D eigenvalue weighted by Crippen LogP contribution is 2.23. The number of nitrogens with one attached hydrogen (secondary N) is 2. The van der Waals surface area contributed by atoms with Crippen molar-refractivity contribution in [2.75, 3.05) is 7.11 Å². The quantitative estimate of drug-likeness (QED) is 0.765. The third-order valence-corrected chi connectivity index (χ3v) is 3.48. The van der Waals surface area contributed by atoms with E-state index in [4.69, 9.17) is 4.74 Å². The summed E-state index contributed by atoms with van der Waals surface area (Å²) in [6.07, 6.45) is 3.48. The van der Waals surface area contributed by atoms with Gasteiger partial charge in [0, 0.05) is 17.8 Å². The van der Waals surface area contributed by atoms with E-state index in [1.165, 1.54) is 0 Å². The summed E-state index contributed by atoms with van der Waals surface area (Å²) >= 11 is 0. The first kappa shape index (κ1) is 16.8. The van der Waals surface area contributed by atoms with Crippen LogP contribution in [0, 0.1) is 0 Å². The van der Waals surface area contributed by atoms with Crippen molar-refractivity contribution >= 4 is 5.91 Å². The zero-order valence-corrected chi connectivity index (χ0v) is 14.7. The molecule has 0 unspecified atom stereocenters. The number of ether oxygens (including phenoxy) is 1. The lowest BCUT2D eigenvalue weighted by atomic mass is 10.1. The molecule has 0 radical (unpaired) electrons. The van der Waals surface area contributed by atoms with Crippen LogP contribution < -0.4 is 10.1 Å². The highest BCUT2D eigenvalue weighted by atomic mass is 16.5. The smallest absolute Gasteiger partial charge is 0.272 e. The third-order valence-electron chi connectivity index (χ3n) is 3.48. The maximum Gasteiger partial charge on any atom is 0.272 e. The summed E-state index contributed by atoms with van der Waals surface area (Å²) in [6.45, 7) is 5.80. The van der Waals surface area contributed by atoms with E-state index in [0.29, 0.717) is 11.6 Å². The minimum atomic E-state index is -0.338. The number of nitrogens with zero attached hydrogens (tertiary/aromatic N) is 3. The first-order valence-electron chi connectivity index (χ1n) is 7.94. The molecule has 7 heteroatoms. The Bertz CT molecular complexity index is 858. The van der Waals surface area contributed by atoms with Crippen molar-refractivity contribution < 1.29 is 9.53 Å². The molecule has 3 rings (SSSR count). The molecule has 0 fully saturated rings. The number of hydrogen-bond donors (Lipinski definition) is 2. The summed E-state index contributed by atoms with van der Waals surface area (Å²) in [6, 6.07) is 9.18. The van der Waals surface area contributed by atoms with Gasteiger partial charge < -0.3 is 15.0 Å². The molecule has 7 nitrogen and oxygen atoms in total. The number of hydrogen-bond acceptors (Lipinski definition) is 4. The Morgan fingerprint density at radius 1 is 1.28 bits per heavy atom. The van der Waals surface area contributed by atoms with Crippen LogP contribution in [-0.2, 0) is 0 Å². The lowest BCUT2D eigenvalue weighted by Gasteiger charge is -2.19. The number of carbonyl (C=O) groups excluding carboxylic acids is 1. The van der Waals surface area contributed by atoms with Gasteiger partial charge in [-0.05, 0) is 45.0 Å². The van der Waals surface area contributed by atoms with Crippen molar-refractivity contribution in [3.8, 4) is 23.0 Å². The van der Waals surface area contributed by atoms with Gasteiger partial charge in [-0.15, -0.1) is 0 Å². The summed E-state index contributed by atoms with van der Waals surface area (Å²) in [5, 5.41) is 7.41. The van der Waals surface area contributed by atoms with Gasteiger partial charge >= 0.3 is 0 Å². The van der Waals surface area contributed by atoms with Crippen LogP contribution in [0.15, 0.2) is 42.7 Å². The maximum absolute atomic E-state index is 12.5.